The van der Waals surface area contributed by atoms with Crippen molar-refractivity contribution in [3.05, 3.63) is 52.5 Å². The molecule has 0 aliphatic heterocycles. The summed E-state index contributed by atoms with van der Waals surface area (Å²) < 4.78 is 14.9. The van der Waals surface area contributed by atoms with Crippen LogP contribution in [0, 0.1) is 12.7 Å². The minimum Gasteiger partial charge on any atom is -0.390 e. The van der Waals surface area contributed by atoms with E-state index < -0.39 is 0 Å². The van der Waals surface area contributed by atoms with Gasteiger partial charge in [-0.05, 0) is 24.6 Å². The number of hydrogen-bond donors (Lipinski definition) is 2. The lowest BCUT2D eigenvalue weighted by Crippen LogP contribution is -2.14. The van der Waals surface area contributed by atoms with E-state index in [1.54, 1.807) is 18.3 Å². The molecular weight excluding hydrogens is 377 g/mol. The number of benzene rings is 1. The van der Waals surface area contributed by atoms with Gasteiger partial charge in [0.1, 0.15) is 10.8 Å². The van der Waals surface area contributed by atoms with Crippen LogP contribution in [0.2, 0.25) is 0 Å². The van der Waals surface area contributed by atoms with Crippen LogP contribution in [-0.2, 0) is 17.9 Å². The molecule has 7 nitrogen and oxygen atoms in total. The van der Waals surface area contributed by atoms with Gasteiger partial charge >= 0.3 is 0 Å². The second-order valence-electron chi connectivity index (χ2n) is 5.39. The predicted molar refractivity (Wildman–Crippen MR) is 97.7 cm³/mol. The van der Waals surface area contributed by atoms with E-state index in [-0.39, 0.29) is 24.1 Å². The maximum atomic E-state index is 13.0. The van der Waals surface area contributed by atoms with Gasteiger partial charge in [0.15, 0.2) is 5.16 Å². The van der Waals surface area contributed by atoms with Crippen LogP contribution < -0.4 is 5.32 Å². The molecule has 3 rings (SSSR count). The highest BCUT2D eigenvalue weighted by atomic mass is 32.2. The Kier molecular flexibility index (Phi) is 5.96. The van der Waals surface area contributed by atoms with Crippen molar-refractivity contribution in [1.82, 2.24) is 19.7 Å². The molecule has 1 aromatic carbocycles. The average molecular weight is 393 g/mol. The summed E-state index contributed by atoms with van der Waals surface area (Å²) in [5.41, 5.74) is 1.40. The van der Waals surface area contributed by atoms with Crippen LogP contribution in [0.1, 0.15) is 16.3 Å². The van der Waals surface area contributed by atoms with Crippen molar-refractivity contribution in [2.24, 2.45) is 0 Å². The summed E-state index contributed by atoms with van der Waals surface area (Å²) in [6.45, 7) is 2.08. The van der Waals surface area contributed by atoms with E-state index in [9.17, 15) is 14.3 Å². The summed E-state index contributed by atoms with van der Waals surface area (Å²) in [5, 5.41) is 21.5. The van der Waals surface area contributed by atoms with E-state index in [0.717, 1.165) is 10.6 Å². The third kappa shape index (κ3) is 4.87. The summed E-state index contributed by atoms with van der Waals surface area (Å²) in [6.07, 6.45) is 1.72. The van der Waals surface area contributed by atoms with Gasteiger partial charge in [-0.2, -0.15) is 0 Å². The summed E-state index contributed by atoms with van der Waals surface area (Å²) in [7, 11) is 0. The number of imidazole rings is 1. The molecule has 136 valence electrons. The van der Waals surface area contributed by atoms with Gasteiger partial charge in [-0.3, -0.25) is 10.1 Å². The van der Waals surface area contributed by atoms with Gasteiger partial charge in [0.25, 0.3) is 0 Å². The number of aryl methyl sites for hydroxylation is 1. The monoisotopic (exact) mass is 393 g/mol. The minimum atomic E-state index is -0.298. The normalized spacial score (nSPS) is 10.9. The molecule has 0 aliphatic carbocycles. The van der Waals surface area contributed by atoms with Crippen LogP contribution in [0.25, 0.3) is 0 Å². The molecule has 3 aromatic rings. The largest absolute Gasteiger partial charge is 0.390 e. The van der Waals surface area contributed by atoms with Crippen molar-refractivity contribution in [3.8, 4) is 0 Å². The molecule has 0 fully saturated rings. The lowest BCUT2D eigenvalue weighted by atomic mass is 10.2. The first-order chi connectivity index (χ1) is 12.5. The lowest BCUT2D eigenvalue weighted by molar-refractivity contribution is -0.113. The number of nitrogens with one attached hydrogen (secondary N) is 1. The first-order valence-electron chi connectivity index (χ1n) is 7.67. The predicted octanol–water partition coefficient (Wildman–Crippen LogP) is 2.45. The molecule has 26 heavy (non-hydrogen) atoms. The highest BCUT2D eigenvalue weighted by Gasteiger charge is 2.13. The topological polar surface area (TPSA) is 92.9 Å². The first kappa shape index (κ1) is 18.5. The first-order valence-corrected chi connectivity index (χ1v) is 9.48. The Morgan fingerprint density at radius 3 is 2.77 bits per heavy atom. The van der Waals surface area contributed by atoms with Crippen molar-refractivity contribution in [2.45, 2.75) is 25.2 Å². The van der Waals surface area contributed by atoms with Crippen molar-refractivity contribution in [2.75, 3.05) is 11.1 Å². The highest BCUT2D eigenvalue weighted by Crippen LogP contribution is 2.21. The number of thioether (sulfide) groups is 1. The average Bonchev–Trinajstić information content (AvgIpc) is 3.21. The number of halogens is 1. The Balaban J connectivity index is 1.65. The zero-order chi connectivity index (χ0) is 18.5. The van der Waals surface area contributed by atoms with Crippen molar-refractivity contribution < 1.29 is 14.3 Å². The zero-order valence-corrected chi connectivity index (χ0v) is 15.5. The van der Waals surface area contributed by atoms with Gasteiger partial charge in [-0.15, -0.1) is 10.2 Å². The Morgan fingerprint density at radius 1 is 1.35 bits per heavy atom. The van der Waals surface area contributed by atoms with Crippen LogP contribution in [0.15, 0.2) is 35.6 Å². The minimum absolute atomic E-state index is 0.143. The van der Waals surface area contributed by atoms with Crippen molar-refractivity contribution in [3.63, 3.8) is 0 Å². The fourth-order valence-electron chi connectivity index (χ4n) is 2.17. The smallest absolute Gasteiger partial charge is 0.236 e. The molecule has 0 spiro atoms. The second kappa shape index (κ2) is 8.39. The molecule has 0 unspecified atom stereocenters. The van der Waals surface area contributed by atoms with Crippen molar-refractivity contribution >= 4 is 34.1 Å². The van der Waals surface area contributed by atoms with E-state index in [2.05, 4.69) is 20.5 Å². The summed E-state index contributed by atoms with van der Waals surface area (Å²) in [6, 6.07) is 6.16. The number of hydrogen-bond acceptors (Lipinski definition) is 7. The Morgan fingerprint density at radius 2 is 2.12 bits per heavy atom. The number of rotatable bonds is 7. The molecule has 2 aromatic heterocycles. The van der Waals surface area contributed by atoms with E-state index in [1.807, 2.05) is 11.5 Å². The van der Waals surface area contributed by atoms with Gasteiger partial charge in [0.2, 0.25) is 11.0 Å². The molecule has 2 heterocycles. The van der Waals surface area contributed by atoms with E-state index in [0.29, 0.717) is 22.5 Å². The quantitative estimate of drug-likeness (QED) is 0.599. The number of nitrogens with zero attached hydrogens (tertiary/aromatic N) is 4. The number of aliphatic hydroxyl groups excluding tert-OH is 1. The molecule has 2 N–H and O–H groups in total. The van der Waals surface area contributed by atoms with E-state index in [4.69, 9.17) is 0 Å². The van der Waals surface area contributed by atoms with E-state index in [1.165, 1.54) is 35.2 Å². The van der Waals surface area contributed by atoms with Crippen LogP contribution in [0.4, 0.5) is 9.52 Å². The van der Waals surface area contributed by atoms with Gasteiger partial charge in [0.05, 0.1) is 18.1 Å². The highest BCUT2D eigenvalue weighted by molar-refractivity contribution is 7.99. The number of aromatic nitrogens is 4. The van der Waals surface area contributed by atoms with Crippen LogP contribution in [-0.4, -0.2) is 36.5 Å². The Labute approximate surface area is 157 Å². The molecule has 0 bridgehead atoms. The SMILES string of the molecule is Cc1nnc(NC(=O)CSc2nc(CO)cn2Cc2ccc(F)cc2)s1. The Hall–Kier alpha value is -2.30. The summed E-state index contributed by atoms with van der Waals surface area (Å²) in [4.78, 5) is 16.4. The molecule has 0 atom stereocenters. The summed E-state index contributed by atoms with van der Waals surface area (Å²) in [5.74, 6) is -0.370. The fourth-order valence-corrected chi connectivity index (χ4v) is 3.58. The van der Waals surface area contributed by atoms with Gasteiger partial charge < -0.3 is 9.67 Å². The maximum Gasteiger partial charge on any atom is 0.236 e. The van der Waals surface area contributed by atoms with Gasteiger partial charge in [0, 0.05) is 12.7 Å². The van der Waals surface area contributed by atoms with Crippen LogP contribution in [0.3, 0.4) is 0 Å². The molecule has 0 saturated heterocycles. The third-order valence-corrected chi connectivity index (χ3v) is 5.07. The van der Waals surface area contributed by atoms with Crippen LogP contribution >= 0.6 is 23.1 Å². The van der Waals surface area contributed by atoms with Crippen LogP contribution in [0.5, 0.6) is 0 Å². The number of amides is 1. The molecular formula is C16H16FN5O2S2. The standard InChI is InChI=1S/C16H16FN5O2S2/c1-10-20-21-15(26-10)19-14(24)9-25-16-18-13(8-23)7-22(16)6-11-2-4-12(17)5-3-11/h2-5,7,23H,6,8-9H2,1H3,(H,19,21,24). The third-order valence-electron chi connectivity index (χ3n) is 3.32. The van der Waals surface area contributed by atoms with Crippen molar-refractivity contribution in [1.29, 1.82) is 0 Å². The lowest BCUT2D eigenvalue weighted by Gasteiger charge is -2.07. The van der Waals surface area contributed by atoms with Gasteiger partial charge in [-0.25, -0.2) is 9.37 Å². The van der Waals surface area contributed by atoms with Gasteiger partial charge in [-0.1, -0.05) is 35.2 Å². The molecule has 1 amide bonds. The number of carbonyl (C=O) groups is 1. The number of carbonyl (C=O) groups excluding carboxylic acids is 1. The molecule has 0 radical (unpaired) electrons. The second-order valence-corrected chi connectivity index (χ2v) is 7.51. The molecule has 0 saturated carbocycles. The van der Waals surface area contributed by atoms with E-state index >= 15 is 0 Å². The molecule has 0 aliphatic rings. The summed E-state index contributed by atoms with van der Waals surface area (Å²) >= 11 is 2.55. The molecule has 10 heteroatoms. The Bertz CT molecular complexity index is 894. The zero-order valence-electron chi connectivity index (χ0n) is 13.8. The maximum absolute atomic E-state index is 13.0. The number of aliphatic hydroxyl groups is 1. The fraction of sp³-hybridized carbons (Fsp3) is 0.250. The number of anilines is 1.